The summed E-state index contributed by atoms with van der Waals surface area (Å²) in [5.41, 5.74) is 2.92. The van der Waals surface area contributed by atoms with Crippen LogP contribution in [-0.4, -0.2) is 43.2 Å². The molecule has 6 nitrogen and oxygen atoms in total. The number of piperidine rings is 1. The first-order valence-electron chi connectivity index (χ1n) is 9.13. The van der Waals surface area contributed by atoms with Gasteiger partial charge in [-0.25, -0.2) is 8.42 Å². The van der Waals surface area contributed by atoms with Gasteiger partial charge >= 0.3 is 0 Å². The molecule has 0 saturated carbocycles. The van der Waals surface area contributed by atoms with Gasteiger partial charge in [0, 0.05) is 37.6 Å². The smallest absolute Gasteiger partial charge is 0.251 e. The van der Waals surface area contributed by atoms with Gasteiger partial charge in [0.05, 0.1) is 0 Å². The summed E-state index contributed by atoms with van der Waals surface area (Å²) >= 11 is 0. The van der Waals surface area contributed by atoms with E-state index in [1.54, 1.807) is 18.3 Å². The van der Waals surface area contributed by atoms with E-state index in [9.17, 15) is 13.2 Å². The fourth-order valence-corrected chi connectivity index (χ4v) is 4.66. The number of rotatable bonds is 5. The zero-order chi connectivity index (χ0) is 19.4. The average Bonchev–Trinajstić information content (AvgIpc) is 2.69. The molecule has 27 heavy (non-hydrogen) atoms. The number of hydrogen-bond donors (Lipinski definition) is 1. The van der Waals surface area contributed by atoms with Crippen molar-refractivity contribution in [2.24, 2.45) is 5.92 Å². The lowest BCUT2D eigenvalue weighted by molar-refractivity contribution is 0.0941. The highest BCUT2D eigenvalue weighted by Gasteiger charge is 2.29. The van der Waals surface area contributed by atoms with Crippen molar-refractivity contribution in [3.8, 4) is 0 Å². The van der Waals surface area contributed by atoms with Gasteiger partial charge in [-0.2, -0.15) is 4.31 Å². The van der Waals surface area contributed by atoms with Crippen LogP contribution in [0.4, 0.5) is 0 Å². The average molecular weight is 388 g/mol. The third-order valence-corrected chi connectivity index (χ3v) is 7.05. The quantitative estimate of drug-likeness (QED) is 0.855. The number of aryl methyl sites for hydroxylation is 2. The SMILES string of the molecule is Cc1ccc(C(=O)NCC2CCN(S(=O)(=O)c3cccnc3)CC2)cc1C. The summed E-state index contributed by atoms with van der Waals surface area (Å²) in [6, 6.07) is 8.88. The van der Waals surface area contributed by atoms with E-state index in [0.29, 0.717) is 25.2 Å². The van der Waals surface area contributed by atoms with Gasteiger partial charge in [-0.3, -0.25) is 9.78 Å². The second-order valence-corrected chi connectivity index (χ2v) is 8.98. The van der Waals surface area contributed by atoms with Crippen molar-refractivity contribution in [2.45, 2.75) is 31.6 Å². The number of nitrogens with zero attached hydrogens (tertiary/aromatic N) is 2. The fourth-order valence-electron chi connectivity index (χ4n) is 3.22. The van der Waals surface area contributed by atoms with Crippen LogP contribution in [0, 0.1) is 19.8 Å². The van der Waals surface area contributed by atoms with Crippen molar-refractivity contribution < 1.29 is 13.2 Å². The highest BCUT2D eigenvalue weighted by Crippen LogP contribution is 2.23. The van der Waals surface area contributed by atoms with Crippen molar-refractivity contribution in [1.82, 2.24) is 14.6 Å². The van der Waals surface area contributed by atoms with Gasteiger partial charge in [0.15, 0.2) is 0 Å². The highest BCUT2D eigenvalue weighted by molar-refractivity contribution is 7.89. The Morgan fingerprint density at radius 1 is 1.19 bits per heavy atom. The number of aromatic nitrogens is 1. The van der Waals surface area contributed by atoms with Crippen molar-refractivity contribution >= 4 is 15.9 Å². The Bertz CT molecular complexity index is 905. The van der Waals surface area contributed by atoms with Crippen LogP contribution in [0.25, 0.3) is 0 Å². The van der Waals surface area contributed by atoms with Crippen LogP contribution in [0.2, 0.25) is 0 Å². The number of carbonyl (C=O) groups excluding carboxylic acids is 1. The van der Waals surface area contributed by atoms with E-state index in [4.69, 9.17) is 0 Å². The zero-order valence-corrected chi connectivity index (χ0v) is 16.5. The lowest BCUT2D eigenvalue weighted by Gasteiger charge is -2.31. The molecule has 2 heterocycles. The minimum absolute atomic E-state index is 0.0801. The van der Waals surface area contributed by atoms with Gasteiger partial charge in [0.1, 0.15) is 4.90 Å². The monoisotopic (exact) mass is 387 g/mol. The van der Waals surface area contributed by atoms with E-state index in [2.05, 4.69) is 10.3 Å². The van der Waals surface area contributed by atoms with Crippen LogP contribution >= 0.6 is 0 Å². The summed E-state index contributed by atoms with van der Waals surface area (Å²) in [6.45, 7) is 5.49. The third kappa shape index (κ3) is 4.54. The molecular weight excluding hydrogens is 362 g/mol. The molecule has 3 rings (SSSR count). The van der Waals surface area contributed by atoms with Crippen LogP contribution in [0.5, 0.6) is 0 Å². The van der Waals surface area contributed by atoms with E-state index in [1.165, 1.54) is 10.5 Å². The van der Waals surface area contributed by atoms with Gasteiger partial charge < -0.3 is 5.32 Å². The van der Waals surface area contributed by atoms with E-state index in [0.717, 1.165) is 24.0 Å². The summed E-state index contributed by atoms with van der Waals surface area (Å²) in [5, 5.41) is 2.98. The minimum Gasteiger partial charge on any atom is -0.352 e. The molecule has 1 fully saturated rings. The third-order valence-electron chi connectivity index (χ3n) is 5.17. The number of carbonyl (C=O) groups is 1. The van der Waals surface area contributed by atoms with E-state index >= 15 is 0 Å². The molecule has 1 aliphatic rings. The van der Waals surface area contributed by atoms with Crippen molar-refractivity contribution in [2.75, 3.05) is 19.6 Å². The Balaban J connectivity index is 1.52. The van der Waals surface area contributed by atoms with Gasteiger partial charge in [0.25, 0.3) is 5.91 Å². The maximum absolute atomic E-state index is 12.6. The molecule has 0 aliphatic carbocycles. The summed E-state index contributed by atoms with van der Waals surface area (Å²) in [7, 11) is -3.49. The maximum Gasteiger partial charge on any atom is 0.251 e. The molecule has 1 aromatic heterocycles. The number of nitrogens with one attached hydrogen (secondary N) is 1. The van der Waals surface area contributed by atoms with Crippen LogP contribution in [0.1, 0.15) is 34.3 Å². The highest BCUT2D eigenvalue weighted by atomic mass is 32.2. The molecule has 1 aromatic carbocycles. The summed E-state index contributed by atoms with van der Waals surface area (Å²) in [4.78, 5) is 16.5. The Labute approximate surface area is 160 Å². The standard InChI is InChI=1S/C20H25N3O3S/c1-15-5-6-18(12-16(15)2)20(24)22-13-17-7-10-23(11-8-17)27(25,26)19-4-3-9-21-14-19/h3-6,9,12,14,17H,7-8,10-11,13H2,1-2H3,(H,22,24). The van der Waals surface area contributed by atoms with Gasteiger partial charge in [0.2, 0.25) is 10.0 Å². The molecule has 0 bridgehead atoms. The lowest BCUT2D eigenvalue weighted by Crippen LogP contribution is -2.41. The molecule has 0 atom stereocenters. The van der Waals surface area contributed by atoms with E-state index in [-0.39, 0.29) is 16.7 Å². The molecule has 0 spiro atoms. The number of hydrogen-bond acceptors (Lipinski definition) is 4. The summed E-state index contributed by atoms with van der Waals surface area (Å²) in [6.07, 6.45) is 4.40. The van der Waals surface area contributed by atoms with Crippen molar-refractivity contribution in [3.05, 3.63) is 59.4 Å². The first kappa shape index (κ1) is 19.5. The number of benzene rings is 1. The minimum atomic E-state index is -3.49. The van der Waals surface area contributed by atoms with Gasteiger partial charge in [-0.15, -0.1) is 0 Å². The van der Waals surface area contributed by atoms with Crippen LogP contribution in [0.15, 0.2) is 47.6 Å². The normalized spacial score (nSPS) is 16.2. The Morgan fingerprint density at radius 2 is 1.93 bits per heavy atom. The Morgan fingerprint density at radius 3 is 2.56 bits per heavy atom. The molecule has 144 valence electrons. The first-order chi connectivity index (χ1) is 12.9. The molecule has 1 amide bonds. The van der Waals surface area contributed by atoms with Crippen LogP contribution < -0.4 is 5.32 Å². The second-order valence-electron chi connectivity index (χ2n) is 7.05. The summed E-state index contributed by atoms with van der Waals surface area (Å²) < 4.78 is 26.7. The van der Waals surface area contributed by atoms with Crippen LogP contribution in [-0.2, 0) is 10.0 Å². The Kier molecular flexibility index (Phi) is 5.92. The lowest BCUT2D eigenvalue weighted by atomic mass is 9.98. The number of sulfonamides is 1. The maximum atomic E-state index is 12.6. The van der Waals surface area contributed by atoms with Gasteiger partial charge in [-0.05, 0) is 68.0 Å². The first-order valence-corrected chi connectivity index (χ1v) is 10.6. The molecule has 7 heteroatoms. The predicted octanol–water partition coefficient (Wildman–Crippen LogP) is 2.53. The molecule has 0 unspecified atom stereocenters. The Hall–Kier alpha value is -2.25. The fraction of sp³-hybridized carbons (Fsp3) is 0.400. The molecule has 1 saturated heterocycles. The predicted molar refractivity (Wildman–Crippen MR) is 104 cm³/mol. The molecule has 1 N–H and O–H groups in total. The van der Waals surface area contributed by atoms with Crippen LogP contribution in [0.3, 0.4) is 0 Å². The molecule has 0 radical (unpaired) electrons. The number of pyridine rings is 1. The van der Waals surface area contributed by atoms with E-state index in [1.807, 2.05) is 32.0 Å². The van der Waals surface area contributed by atoms with E-state index < -0.39 is 10.0 Å². The molecule has 1 aliphatic heterocycles. The van der Waals surface area contributed by atoms with Crippen molar-refractivity contribution in [3.63, 3.8) is 0 Å². The van der Waals surface area contributed by atoms with Crippen molar-refractivity contribution in [1.29, 1.82) is 0 Å². The number of amides is 1. The topological polar surface area (TPSA) is 79.4 Å². The molecule has 2 aromatic rings. The second kappa shape index (κ2) is 8.19. The summed E-state index contributed by atoms with van der Waals surface area (Å²) in [5.74, 6) is 0.198. The zero-order valence-electron chi connectivity index (χ0n) is 15.7. The van der Waals surface area contributed by atoms with Gasteiger partial charge in [-0.1, -0.05) is 6.07 Å². The molecular formula is C20H25N3O3S. The largest absolute Gasteiger partial charge is 0.352 e.